The molecule has 6 nitrogen and oxygen atoms in total. The lowest BCUT2D eigenvalue weighted by Gasteiger charge is -2.26. The lowest BCUT2D eigenvalue weighted by atomic mass is 9.95. The zero-order valence-electron chi connectivity index (χ0n) is 15.3. The normalized spacial score (nSPS) is 17.8. The first-order chi connectivity index (χ1) is 12.5. The van der Waals surface area contributed by atoms with E-state index in [9.17, 15) is 14.7 Å². The summed E-state index contributed by atoms with van der Waals surface area (Å²) in [6.45, 7) is 6.20. The number of aromatic amines is 1. The number of benzene rings is 1. The van der Waals surface area contributed by atoms with Gasteiger partial charge >= 0.3 is 0 Å². The number of aromatic nitrogens is 1. The van der Waals surface area contributed by atoms with Crippen molar-refractivity contribution in [2.45, 2.75) is 39.3 Å². The fraction of sp³-hybridized carbons (Fsp3) is 0.400. The number of amides is 1. The number of aliphatic hydroxyl groups is 1. The fourth-order valence-electron chi connectivity index (χ4n) is 3.39. The molecule has 1 unspecified atom stereocenters. The van der Waals surface area contributed by atoms with E-state index in [1.807, 2.05) is 38.1 Å². The van der Waals surface area contributed by atoms with Crippen LogP contribution in [-0.2, 0) is 14.3 Å². The van der Waals surface area contributed by atoms with E-state index >= 15 is 0 Å². The summed E-state index contributed by atoms with van der Waals surface area (Å²) in [6, 6.07) is 7.10. The van der Waals surface area contributed by atoms with Crippen LogP contribution in [0.25, 0.3) is 10.9 Å². The van der Waals surface area contributed by atoms with E-state index < -0.39 is 17.7 Å². The predicted molar refractivity (Wildman–Crippen MR) is 98.8 cm³/mol. The first kappa shape index (κ1) is 18.2. The van der Waals surface area contributed by atoms with E-state index in [1.165, 1.54) is 4.90 Å². The number of ketones is 1. The van der Waals surface area contributed by atoms with E-state index in [1.54, 1.807) is 13.1 Å². The first-order valence-electron chi connectivity index (χ1n) is 8.90. The largest absolute Gasteiger partial charge is 0.503 e. The molecule has 2 N–H and O–H groups in total. The highest BCUT2D eigenvalue weighted by Crippen LogP contribution is 2.40. The molecule has 0 saturated heterocycles. The van der Waals surface area contributed by atoms with Crippen molar-refractivity contribution in [3.63, 3.8) is 0 Å². The summed E-state index contributed by atoms with van der Waals surface area (Å²) < 4.78 is 5.58. The summed E-state index contributed by atoms with van der Waals surface area (Å²) >= 11 is 0. The van der Waals surface area contributed by atoms with Gasteiger partial charge in [0.1, 0.15) is 0 Å². The van der Waals surface area contributed by atoms with Crippen LogP contribution in [0.15, 0.2) is 41.8 Å². The fourth-order valence-corrected chi connectivity index (χ4v) is 3.39. The summed E-state index contributed by atoms with van der Waals surface area (Å²) in [6.07, 6.45) is 2.07. The number of ether oxygens (including phenoxy) is 1. The van der Waals surface area contributed by atoms with Gasteiger partial charge in [0.15, 0.2) is 11.5 Å². The standard InChI is InChI=1S/C20H24N2O4/c1-4-16(23)17-18(14-11-21-15-8-6-5-7-13(14)15)22(20(25)19(17)24)9-10-26-12(2)3/h5-8,11-12,18,21,24H,4,9-10H2,1-3H3. The molecule has 1 atom stereocenters. The number of para-hydroxylation sites is 1. The third kappa shape index (κ3) is 3.12. The lowest BCUT2D eigenvalue weighted by molar-refractivity contribution is -0.130. The molecule has 1 aliphatic heterocycles. The number of aliphatic hydroxyl groups excluding tert-OH is 1. The number of nitrogens with one attached hydrogen (secondary N) is 1. The predicted octanol–water partition coefficient (Wildman–Crippen LogP) is 3.27. The van der Waals surface area contributed by atoms with Crippen LogP contribution in [0.5, 0.6) is 0 Å². The molecule has 2 heterocycles. The minimum atomic E-state index is -0.609. The van der Waals surface area contributed by atoms with Gasteiger partial charge in [-0.05, 0) is 19.9 Å². The zero-order valence-corrected chi connectivity index (χ0v) is 15.3. The molecule has 138 valence electrons. The molecule has 1 amide bonds. The van der Waals surface area contributed by atoms with Crippen molar-refractivity contribution in [2.75, 3.05) is 13.2 Å². The number of hydrogen-bond donors (Lipinski definition) is 2. The van der Waals surface area contributed by atoms with Gasteiger partial charge in [-0.25, -0.2) is 0 Å². The third-order valence-electron chi connectivity index (χ3n) is 4.62. The van der Waals surface area contributed by atoms with Gasteiger partial charge in [-0.3, -0.25) is 9.59 Å². The molecular formula is C20H24N2O4. The van der Waals surface area contributed by atoms with Gasteiger partial charge in [0, 0.05) is 35.6 Å². The number of nitrogens with zero attached hydrogens (tertiary/aromatic N) is 1. The first-order valence-corrected chi connectivity index (χ1v) is 8.90. The number of hydrogen-bond acceptors (Lipinski definition) is 4. The van der Waals surface area contributed by atoms with Crippen molar-refractivity contribution < 1.29 is 19.4 Å². The Labute approximate surface area is 152 Å². The smallest absolute Gasteiger partial charge is 0.290 e. The van der Waals surface area contributed by atoms with Crippen molar-refractivity contribution in [1.82, 2.24) is 9.88 Å². The average molecular weight is 356 g/mol. The van der Waals surface area contributed by atoms with Gasteiger partial charge in [-0.15, -0.1) is 0 Å². The monoisotopic (exact) mass is 356 g/mol. The number of carbonyl (C=O) groups is 2. The molecule has 0 spiro atoms. The SMILES string of the molecule is CCC(=O)C1=C(O)C(=O)N(CCOC(C)C)C1c1c[nH]c2ccccc12. The summed E-state index contributed by atoms with van der Waals surface area (Å²) in [7, 11) is 0. The molecule has 1 aliphatic rings. The highest BCUT2D eigenvalue weighted by Gasteiger charge is 2.43. The van der Waals surface area contributed by atoms with Crippen LogP contribution in [0.2, 0.25) is 0 Å². The Morgan fingerprint density at radius 2 is 2.08 bits per heavy atom. The Morgan fingerprint density at radius 3 is 2.77 bits per heavy atom. The summed E-state index contributed by atoms with van der Waals surface area (Å²) in [5.41, 5.74) is 1.90. The van der Waals surface area contributed by atoms with Crippen molar-refractivity contribution >= 4 is 22.6 Å². The van der Waals surface area contributed by atoms with E-state index in [0.29, 0.717) is 13.2 Å². The number of Topliss-reactive ketones (excluding diaryl/α,β-unsaturated/α-hetero) is 1. The maximum Gasteiger partial charge on any atom is 0.290 e. The quantitative estimate of drug-likeness (QED) is 0.798. The Bertz CT molecular complexity index is 866. The highest BCUT2D eigenvalue weighted by molar-refractivity contribution is 6.09. The molecule has 2 aromatic rings. The Balaban J connectivity index is 2.04. The summed E-state index contributed by atoms with van der Waals surface area (Å²) in [5, 5.41) is 11.3. The molecule has 0 bridgehead atoms. The van der Waals surface area contributed by atoms with Crippen LogP contribution in [0.1, 0.15) is 38.8 Å². The van der Waals surface area contributed by atoms with Crippen molar-refractivity contribution in [3.05, 3.63) is 47.4 Å². The lowest BCUT2D eigenvalue weighted by Crippen LogP contribution is -2.34. The Morgan fingerprint density at radius 1 is 1.35 bits per heavy atom. The van der Waals surface area contributed by atoms with Gasteiger partial charge in [0.2, 0.25) is 0 Å². The van der Waals surface area contributed by atoms with Crippen molar-refractivity contribution in [1.29, 1.82) is 0 Å². The van der Waals surface area contributed by atoms with E-state index in [-0.39, 0.29) is 23.9 Å². The Kier molecular flexibility index (Phi) is 5.13. The molecule has 3 rings (SSSR count). The van der Waals surface area contributed by atoms with E-state index in [4.69, 9.17) is 4.74 Å². The van der Waals surface area contributed by atoms with Gasteiger partial charge in [-0.2, -0.15) is 0 Å². The second-order valence-electron chi connectivity index (χ2n) is 6.65. The van der Waals surface area contributed by atoms with Crippen LogP contribution in [0.3, 0.4) is 0 Å². The molecule has 0 fully saturated rings. The average Bonchev–Trinajstić information content (AvgIpc) is 3.15. The zero-order chi connectivity index (χ0) is 18.8. The van der Waals surface area contributed by atoms with Crippen molar-refractivity contribution in [2.24, 2.45) is 0 Å². The second-order valence-corrected chi connectivity index (χ2v) is 6.65. The van der Waals surface area contributed by atoms with Gasteiger partial charge < -0.3 is 19.7 Å². The number of H-pyrrole nitrogens is 1. The molecule has 1 aromatic carbocycles. The van der Waals surface area contributed by atoms with Crippen molar-refractivity contribution in [3.8, 4) is 0 Å². The van der Waals surface area contributed by atoms with Crippen LogP contribution in [-0.4, -0.2) is 45.9 Å². The van der Waals surface area contributed by atoms with E-state index in [2.05, 4.69) is 4.98 Å². The highest BCUT2D eigenvalue weighted by atomic mass is 16.5. The molecule has 0 saturated carbocycles. The molecule has 6 heteroatoms. The molecule has 26 heavy (non-hydrogen) atoms. The van der Waals surface area contributed by atoms with Gasteiger partial charge in [0.05, 0.1) is 24.3 Å². The van der Waals surface area contributed by atoms with Crippen LogP contribution in [0.4, 0.5) is 0 Å². The summed E-state index contributed by atoms with van der Waals surface area (Å²) in [4.78, 5) is 29.9. The number of fused-ring (bicyclic) bond motifs is 1. The minimum absolute atomic E-state index is 0.0394. The molecule has 0 radical (unpaired) electrons. The maximum atomic E-state index is 12.7. The molecular weight excluding hydrogens is 332 g/mol. The van der Waals surface area contributed by atoms with Crippen LogP contribution in [0, 0.1) is 0 Å². The number of carbonyl (C=O) groups excluding carboxylic acids is 2. The maximum absolute atomic E-state index is 12.7. The van der Waals surface area contributed by atoms with Gasteiger partial charge in [-0.1, -0.05) is 25.1 Å². The third-order valence-corrected chi connectivity index (χ3v) is 4.62. The molecule has 0 aliphatic carbocycles. The van der Waals surface area contributed by atoms with Crippen LogP contribution >= 0.6 is 0 Å². The minimum Gasteiger partial charge on any atom is -0.503 e. The number of rotatable bonds is 7. The second kappa shape index (κ2) is 7.33. The van der Waals surface area contributed by atoms with Crippen LogP contribution < -0.4 is 0 Å². The topological polar surface area (TPSA) is 82.6 Å². The van der Waals surface area contributed by atoms with E-state index in [0.717, 1.165) is 16.5 Å². The van der Waals surface area contributed by atoms with Gasteiger partial charge in [0.25, 0.3) is 5.91 Å². The molecule has 1 aromatic heterocycles. The summed E-state index contributed by atoms with van der Waals surface area (Å²) in [5.74, 6) is -1.19. The Hall–Kier alpha value is -2.60.